The van der Waals surface area contributed by atoms with Crippen LogP contribution in [0.15, 0.2) is 34.1 Å². The van der Waals surface area contributed by atoms with Gasteiger partial charge in [0.2, 0.25) is 11.9 Å². The first kappa shape index (κ1) is 16.8. The zero-order chi connectivity index (χ0) is 16.8. The zero-order valence-electron chi connectivity index (χ0n) is 12.6. The number of aromatic amines is 1. The molecule has 0 saturated heterocycles. The van der Waals surface area contributed by atoms with Gasteiger partial charge in [-0.05, 0) is 18.2 Å². The predicted octanol–water partition coefficient (Wildman–Crippen LogP) is 1.64. The topological polar surface area (TPSA) is 115 Å². The Morgan fingerprint density at radius 2 is 2.22 bits per heavy atom. The Hall–Kier alpha value is -2.58. The minimum Gasteiger partial charge on any atom is -0.495 e. The van der Waals surface area contributed by atoms with E-state index in [4.69, 9.17) is 26.8 Å². The normalized spacial score (nSPS) is 11.3. The number of guanidine groups is 1. The van der Waals surface area contributed by atoms with Crippen LogP contribution in [0, 0.1) is 0 Å². The van der Waals surface area contributed by atoms with Gasteiger partial charge in [0.25, 0.3) is 5.56 Å². The van der Waals surface area contributed by atoms with E-state index in [9.17, 15) is 4.79 Å². The molecule has 2 rings (SSSR count). The lowest BCUT2D eigenvalue weighted by molar-refractivity contribution is 0.181. The van der Waals surface area contributed by atoms with Gasteiger partial charge < -0.3 is 20.5 Å². The molecular formula is C14H16ClN5O3. The molecule has 0 aliphatic heterocycles. The molecule has 0 unspecified atom stereocenters. The van der Waals surface area contributed by atoms with E-state index in [1.54, 1.807) is 18.2 Å². The Kier molecular flexibility index (Phi) is 5.56. The van der Waals surface area contributed by atoms with Gasteiger partial charge in [-0.3, -0.25) is 9.78 Å². The fraction of sp³-hybridized carbons (Fsp3) is 0.214. The van der Waals surface area contributed by atoms with Gasteiger partial charge in [-0.25, -0.2) is 4.98 Å². The fourth-order valence-corrected chi connectivity index (χ4v) is 2.00. The van der Waals surface area contributed by atoms with Crippen LogP contribution in [-0.4, -0.2) is 30.1 Å². The molecule has 0 aliphatic carbocycles. The monoisotopic (exact) mass is 337 g/mol. The summed E-state index contributed by atoms with van der Waals surface area (Å²) < 4.78 is 10.1. The molecular weight excluding hydrogens is 322 g/mol. The van der Waals surface area contributed by atoms with Crippen molar-refractivity contribution < 1.29 is 9.47 Å². The number of nitrogens with two attached hydrogens (primary N) is 1. The Balaban J connectivity index is 2.27. The van der Waals surface area contributed by atoms with Crippen LogP contribution in [-0.2, 0) is 11.3 Å². The highest BCUT2D eigenvalue weighted by Crippen LogP contribution is 2.27. The van der Waals surface area contributed by atoms with Crippen molar-refractivity contribution in [3.63, 3.8) is 0 Å². The standard InChI is InChI=1S/C14H16ClN5O3/c1-22-7-9-6-12(21)19-14(17-9)20-13(16)18-10-5-8(15)3-4-11(10)23-2/h3-6H,7H2,1-2H3,(H4,16,17,18,19,20,21). The van der Waals surface area contributed by atoms with E-state index in [1.807, 2.05) is 0 Å². The number of nitrogens with one attached hydrogen (secondary N) is 2. The van der Waals surface area contributed by atoms with Crippen molar-refractivity contribution in [1.82, 2.24) is 9.97 Å². The quantitative estimate of drug-likeness (QED) is 0.564. The van der Waals surface area contributed by atoms with Gasteiger partial charge in [-0.15, -0.1) is 0 Å². The van der Waals surface area contributed by atoms with E-state index >= 15 is 0 Å². The highest BCUT2D eigenvalue weighted by molar-refractivity contribution is 6.31. The summed E-state index contributed by atoms with van der Waals surface area (Å²) in [5.41, 5.74) is 6.47. The van der Waals surface area contributed by atoms with Gasteiger partial charge in [0.05, 0.1) is 25.1 Å². The van der Waals surface area contributed by atoms with E-state index in [0.717, 1.165) is 0 Å². The number of ether oxygens (including phenoxy) is 2. The molecule has 122 valence electrons. The second kappa shape index (κ2) is 7.61. The Labute approximate surface area is 137 Å². The second-order valence-corrected chi connectivity index (χ2v) is 4.90. The van der Waals surface area contributed by atoms with E-state index in [0.29, 0.717) is 22.2 Å². The number of H-pyrrole nitrogens is 1. The van der Waals surface area contributed by atoms with Crippen LogP contribution in [0.3, 0.4) is 0 Å². The SMILES string of the molecule is COCc1cc(=O)[nH]c(/N=C(\N)Nc2cc(Cl)ccc2OC)n1. The molecule has 0 radical (unpaired) electrons. The molecule has 9 heteroatoms. The van der Waals surface area contributed by atoms with E-state index < -0.39 is 0 Å². The number of aliphatic imine (C=N–C) groups is 1. The minimum atomic E-state index is -0.348. The maximum absolute atomic E-state index is 11.6. The van der Waals surface area contributed by atoms with Crippen molar-refractivity contribution in [3.8, 4) is 5.75 Å². The lowest BCUT2D eigenvalue weighted by Gasteiger charge is -2.10. The Morgan fingerprint density at radius 1 is 1.43 bits per heavy atom. The molecule has 0 aliphatic rings. The molecule has 8 nitrogen and oxygen atoms in total. The number of aromatic nitrogens is 2. The summed E-state index contributed by atoms with van der Waals surface area (Å²) >= 11 is 5.94. The summed E-state index contributed by atoms with van der Waals surface area (Å²) in [6.45, 7) is 0.196. The molecule has 0 bridgehead atoms. The number of rotatable bonds is 5. The second-order valence-electron chi connectivity index (χ2n) is 4.46. The summed E-state index contributed by atoms with van der Waals surface area (Å²) in [6, 6.07) is 6.34. The van der Waals surface area contributed by atoms with Crippen molar-refractivity contribution in [1.29, 1.82) is 0 Å². The molecule has 0 amide bonds. The van der Waals surface area contributed by atoms with Gasteiger partial charge >= 0.3 is 0 Å². The maximum Gasteiger partial charge on any atom is 0.252 e. The average molecular weight is 338 g/mol. The van der Waals surface area contributed by atoms with Gasteiger partial charge in [0.1, 0.15) is 5.75 Å². The third kappa shape index (κ3) is 4.70. The number of nitrogens with zero attached hydrogens (tertiary/aromatic N) is 2. The van der Waals surface area contributed by atoms with Crippen LogP contribution in [0.4, 0.5) is 11.6 Å². The highest BCUT2D eigenvalue weighted by atomic mass is 35.5. The number of hydrogen-bond acceptors (Lipinski definition) is 5. The first-order chi connectivity index (χ1) is 11.0. The van der Waals surface area contributed by atoms with E-state index in [-0.39, 0.29) is 24.1 Å². The molecule has 1 aromatic heterocycles. The van der Waals surface area contributed by atoms with Crippen LogP contribution in [0.2, 0.25) is 5.02 Å². The van der Waals surface area contributed by atoms with Crippen molar-refractivity contribution in [2.24, 2.45) is 10.7 Å². The van der Waals surface area contributed by atoms with Crippen LogP contribution in [0.25, 0.3) is 0 Å². The van der Waals surface area contributed by atoms with Gasteiger partial charge in [0.15, 0.2) is 0 Å². The predicted molar refractivity (Wildman–Crippen MR) is 88.5 cm³/mol. The van der Waals surface area contributed by atoms with Crippen molar-refractivity contribution in [2.45, 2.75) is 6.61 Å². The first-order valence-corrected chi connectivity index (χ1v) is 6.93. The van der Waals surface area contributed by atoms with Crippen LogP contribution in [0.1, 0.15) is 5.69 Å². The van der Waals surface area contributed by atoms with Crippen molar-refractivity contribution >= 4 is 29.2 Å². The van der Waals surface area contributed by atoms with E-state index in [2.05, 4.69) is 20.3 Å². The van der Waals surface area contributed by atoms with Crippen molar-refractivity contribution in [3.05, 3.63) is 45.3 Å². The summed E-state index contributed by atoms with van der Waals surface area (Å²) in [7, 11) is 3.03. The molecule has 1 heterocycles. The summed E-state index contributed by atoms with van der Waals surface area (Å²) in [5.74, 6) is 0.626. The lowest BCUT2D eigenvalue weighted by Crippen LogP contribution is -2.23. The third-order valence-corrected chi connectivity index (χ3v) is 2.96. The highest BCUT2D eigenvalue weighted by Gasteiger charge is 2.06. The fourth-order valence-electron chi connectivity index (χ4n) is 1.83. The Morgan fingerprint density at radius 3 is 2.91 bits per heavy atom. The smallest absolute Gasteiger partial charge is 0.252 e. The number of hydrogen-bond donors (Lipinski definition) is 3. The summed E-state index contributed by atoms with van der Waals surface area (Å²) in [6.07, 6.45) is 0. The number of benzene rings is 1. The van der Waals surface area contributed by atoms with Crippen LogP contribution >= 0.6 is 11.6 Å². The van der Waals surface area contributed by atoms with Crippen LogP contribution in [0.5, 0.6) is 5.75 Å². The van der Waals surface area contributed by atoms with E-state index in [1.165, 1.54) is 20.3 Å². The van der Waals surface area contributed by atoms with Crippen molar-refractivity contribution in [2.75, 3.05) is 19.5 Å². The van der Waals surface area contributed by atoms with Gasteiger partial charge in [0, 0.05) is 18.2 Å². The van der Waals surface area contributed by atoms with Crippen LogP contribution < -0.4 is 21.3 Å². The largest absolute Gasteiger partial charge is 0.495 e. The van der Waals surface area contributed by atoms with Gasteiger partial charge in [-0.1, -0.05) is 11.6 Å². The zero-order valence-corrected chi connectivity index (χ0v) is 13.3. The van der Waals surface area contributed by atoms with Gasteiger partial charge in [-0.2, -0.15) is 4.99 Å². The molecule has 4 N–H and O–H groups in total. The summed E-state index contributed by atoms with van der Waals surface area (Å²) in [5, 5.41) is 3.36. The molecule has 0 atom stereocenters. The number of methoxy groups -OCH3 is 2. The molecule has 0 spiro atoms. The third-order valence-electron chi connectivity index (χ3n) is 2.73. The minimum absolute atomic E-state index is 0.0169. The molecule has 0 saturated carbocycles. The number of anilines is 1. The molecule has 23 heavy (non-hydrogen) atoms. The molecule has 1 aromatic carbocycles. The Bertz CT molecular complexity index is 775. The molecule has 2 aromatic rings. The summed E-state index contributed by atoms with van der Waals surface area (Å²) in [4.78, 5) is 22.2. The average Bonchev–Trinajstić information content (AvgIpc) is 2.47. The first-order valence-electron chi connectivity index (χ1n) is 6.55. The molecule has 0 fully saturated rings. The lowest BCUT2D eigenvalue weighted by atomic mass is 10.3. The maximum atomic E-state index is 11.6. The number of halogens is 1.